The maximum absolute atomic E-state index is 16.7. The van der Waals surface area contributed by atoms with E-state index in [-0.39, 0.29) is 35.1 Å². The normalized spacial score (nSPS) is 15.3. The number of aromatic nitrogens is 1. The second-order valence-corrected chi connectivity index (χ2v) is 14.8. The molecule has 0 bridgehead atoms. The molecule has 2 heterocycles. The van der Waals surface area contributed by atoms with E-state index in [2.05, 4.69) is 22.1 Å². The van der Waals surface area contributed by atoms with Crippen LogP contribution >= 0.6 is 0 Å². The third-order valence-electron chi connectivity index (χ3n) is 9.93. The Morgan fingerprint density at radius 2 is 1.58 bits per heavy atom. The number of halogens is 5. The summed E-state index contributed by atoms with van der Waals surface area (Å²) >= 11 is 0. The Labute approximate surface area is 307 Å². The first-order valence-electron chi connectivity index (χ1n) is 17.9. The Balaban J connectivity index is 1.88. The fraction of sp³-hybridized carbons (Fsp3) is 0.488. The Morgan fingerprint density at radius 3 is 2.09 bits per heavy atom. The maximum atomic E-state index is 16.7. The monoisotopic (exact) mass is 741 g/mol. The van der Waals surface area contributed by atoms with Gasteiger partial charge < -0.3 is 19.9 Å². The molecule has 1 amide bonds. The molecule has 1 aliphatic heterocycles. The van der Waals surface area contributed by atoms with Crippen molar-refractivity contribution in [3.05, 3.63) is 91.4 Å². The highest BCUT2D eigenvalue weighted by Crippen LogP contribution is 2.40. The van der Waals surface area contributed by atoms with Gasteiger partial charge in [-0.2, -0.15) is 13.2 Å². The SMILES string of the molecule is CC#Cc1cc(-c2c(C)cc(C)cc2C)c(F)c([C@@H](CC(=O)O)NC(=O)[C@H](CC(C)C)n2cc(C3CCN(C(C)C)CC3)c(C(F)(F)F)cc2=O)c1F. The molecule has 1 aliphatic rings. The van der Waals surface area contributed by atoms with Crippen LogP contribution in [0.3, 0.4) is 0 Å². The number of carboxylic acid groups (broad SMARTS) is 1. The molecule has 2 atom stereocenters. The van der Waals surface area contributed by atoms with E-state index in [0.29, 0.717) is 48.7 Å². The third kappa shape index (κ3) is 9.36. The average molecular weight is 742 g/mol. The van der Waals surface area contributed by atoms with Crippen molar-refractivity contribution >= 4 is 11.9 Å². The fourth-order valence-corrected chi connectivity index (χ4v) is 7.54. The van der Waals surface area contributed by atoms with Crippen LogP contribution in [0.5, 0.6) is 0 Å². The lowest BCUT2D eigenvalue weighted by Crippen LogP contribution is -2.41. The van der Waals surface area contributed by atoms with Gasteiger partial charge in [-0.1, -0.05) is 37.5 Å². The van der Waals surface area contributed by atoms with E-state index in [1.54, 1.807) is 27.7 Å². The number of aryl methyl sites for hydroxylation is 3. The Hall–Kier alpha value is -4.50. The lowest BCUT2D eigenvalue weighted by Gasteiger charge is -2.36. The summed E-state index contributed by atoms with van der Waals surface area (Å²) in [4.78, 5) is 42.1. The van der Waals surface area contributed by atoms with Crippen LogP contribution in [0, 0.1) is 50.2 Å². The minimum atomic E-state index is -4.83. The van der Waals surface area contributed by atoms with E-state index in [9.17, 15) is 32.7 Å². The van der Waals surface area contributed by atoms with Crippen LogP contribution in [0.4, 0.5) is 22.0 Å². The summed E-state index contributed by atoms with van der Waals surface area (Å²) in [6, 6.07) is 2.41. The average Bonchev–Trinajstić information content (AvgIpc) is 3.04. The van der Waals surface area contributed by atoms with Crippen molar-refractivity contribution in [1.82, 2.24) is 14.8 Å². The molecule has 0 spiro atoms. The highest BCUT2D eigenvalue weighted by molar-refractivity contribution is 5.82. The van der Waals surface area contributed by atoms with Crippen LogP contribution in [0.25, 0.3) is 11.1 Å². The van der Waals surface area contributed by atoms with Gasteiger partial charge >= 0.3 is 12.1 Å². The molecule has 0 radical (unpaired) electrons. The lowest BCUT2D eigenvalue weighted by molar-refractivity contribution is -0.139. The first kappa shape index (κ1) is 41.3. The van der Waals surface area contributed by atoms with Crippen LogP contribution in [-0.4, -0.2) is 45.6 Å². The molecule has 0 aliphatic carbocycles. The van der Waals surface area contributed by atoms with Crippen LogP contribution in [-0.2, 0) is 15.8 Å². The molecule has 2 N–H and O–H groups in total. The van der Waals surface area contributed by atoms with E-state index in [0.717, 1.165) is 16.3 Å². The van der Waals surface area contributed by atoms with Crippen LogP contribution in [0.15, 0.2) is 35.3 Å². The zero-order valence-electron chi connectivity index (χ0n) is 31.5. The standard InChI is InChI=1S/C41H48F5N3O4/c1-9-10-28-18-29(36-25(7)16-24(6)17-26(36)8)39(43)37(38(28)42)32(20-35(51)52)47-40(53)33(15-22(2)3)49-21-30(31(19-34(49)50)41(44,45)46)27-11-13-48(14-12-27)23(4)5/h16-19,21-23,27,32-33H,11-15,20H2,1-8H3,(H,47,53)(H,51,52)/t32-,33+/m1/s1. The number of hydrogen-bond donors (Lipinski definition) is 2. The molecule has 4 rings (SSSR count). The molecule has 1 saturated heterocycles. The number of carbonyl (C=O) groups excluding carboxylic acids is 1. The fourth-order valence-electron chi connectivity index (χ4n) is 7.54. The number of alkyl halides is 3. The minimum absolute atomic E-state index is 0.0374. The van der Waals surface area contributed by atoms with Gasteiger partial charge in [-0.15, -0.1) is 5.92 Å². The second kappa shape index (κ2) is 16.7. The van der Waals surface area contributed by atoms with Crippen molar-refractivity contribution in [1.29, 1.82) is 0 Å². The van der Waals surface area contributed by atoms with Gasteiger partial charge in [0.2, 0.25) is 5.91 Å². The molecular formula is C41H48F5N3O4. The van der Waals surface area contributed by atoms with Gasteiger partial charge in [0.05, 0.1) is 23.6 Å². The van der Waals surface area contributed by atoms with Crippen molar-refractivity contribution in [3.63, 3.8) is 0 Å². The van der Waals surface area contributed by atoms with Gasteiger partial charge in [-0.3, -0.25) is 14.4 Å². The summed E-state index contributed by atoms with van der Waals surface area (Å²) < 4.78 is 77.1. The van der Waals surface area contributed by atoms with Gasteiger partial charge in [-0.05, 0) is 114 Å². The van der Waals surface area contributed by atoms with Crippen molar-refractivity contribution < 1.29 is 36.6 Å². The van der Waals surface area contributed by atoms with Crippen molar-refractivity contribution in [3.8, 4) is 23.0 Å². The molecule has 0 saturated carbocycles. The number of piperidine rings is 1. The third-order valence-corrected chi connectivity index (χ3v) is 9.93. The maximum Gasteiger partial charge on any atom is 0.416 e. The number of likely N-dealkylation sites (tertiary alicyclic amines) is 1. The van der Waals surface area contributed by atoms with E-state index >= 15 is 8.78 Å². The summed E-state index contributed by atoms with van der Waals surface area (Å²) in [5.41, 5.74) is -0.516. The molecule has 12 heteroatoms. The number of amides is 1. The first-order chi connectivity index (χ1) is 24.7. The van der Waals surface area contributed by atoms with Gasteiger partial charge in [0, 0.05) is 29.4 Å². The van der Waals surface area contributed by atoms with Crippen molar-refractivity contribution in [2.75, 3.05) is 13.1 Å². The lowest BCUT2D eigenvalue weighted by atomic mass is 9.86. The summed E-state index contributed by atoms with van der Waals surface area (Å²) in [7, 11) is 0. The van der Waals surface area contributed by atoms with E-state index in [1.165, 1.54) is 13.0 Å². The Kier molecular flexibility index (Phi) is 13.0. The zero-order chi connectivity index (χ0) is 39.5. The van der Waals surface area contributed by atoms with Crippen LogP contribution < -0.4 is 10.9 Å². The van der Waals surface area contributed by atoms with Crippen molar-refractivity contribution in [2.24, 2.45) is 5.92 Å². The number of nitrogens with zero attached hydrogens (tertiary/aromatic N) is 2. The molecule has 286 valence electrons. The zero-order valence-corrected chi connectivity index (χ0v) is 31.5. The summed E-state index contributed by atoms with van der Waals surface area (Å²) in [5, 5.41) is 12.4. The molecule has 3 aromatic rings. The molecular weight excluding hydrogens is 693 g/mol. The van der Waals surface area contributed by atoms with E-state index in [1.807, 2.05) is 32.9 Å². The number of aliphatic carboxylic acids is 1. The predicted molar refractivity (Wildman–Crippen MR) is 195 cm³/mol. The molecule has 1 fully saturated rings. The summed E-state index contributed by atoms with van der Waals surface area (Å²) in [6.45, 7) is 15.5. The van der Waals surface area contributed by atoms with Gasteiger partial charge in [0.15, 0.2) is 0 Å². The van der Waals surface area contributed by atoms with E-state index < -0.39 is 70.8 Å². The minimum Gasteiger partial charge on any atom is -0.481 e. The highest BCUT2D eigenvalue weighted by atomic mass is 19.4. The number of carboxylic acids is 1. The summed E-state index contributed by atoms with van der Waals surface area (Å²) in [6.07, 6.45) is -3.92. The smallest absolute Gasteiger partial charge is 0.416 e. The molecule has 7 nitrogen and oxygen atoms in total. The largest absolute Gasteiger partial charge is 0.481 e. The number of carbonyl (C=O) groups is 2. The van der Waals surface area contributed by atoms with Gasteiger partial charge in [0.1, 0.15) is 17.7 Å². The number of nitrogens with one attached hydrogen (secondary N) is 1. The van der Waals surface area contributed by atoms with Gasteiger partial charge in [0.25, 0.3) is 5.56 Å². The molecule has 0 unspecified atom stereocenters. The Bertz CT molecular complexity index is 1960. The second-order valence-electron chi connectivity index (χ2n) is 14.8. The highest BCUT2D eigenvalue weighted by Gasteiger charge is 2.39. The number of hydrogen-bond acceptors (Lipinski definition) is 4. The Morgan fingerprint density at radius 1 is 0.981 bits per heavy atom. The molecule has 1 aromatic heterocycles. The van der Waals surface area contributed by atoms with Gasteiger partial charge in [-0.25, -0.2) is 8.78 Å². The topological polar surface area (TPSA) is 91.6 Å². The number of pyridine rings is 1. The van der Waals surface area contributed by atoms with Crippen molar-refractivity contribution in [2.45, 2.75) is 111 Å². The van der Waals surface area contributed by atoms with Crippen LogP contribution in [0.1, 0.15) is 117 Å². The molecule has 53 heavy (non-hydrogen) atoms. The van der Waals surface area contributed by atoms with E-state index in [4.69, 9.17) is 0 Å². The quantitative estimate of drug-likeness (QED) is 0.152. The predicted octanol–water partition coefficient (Wildman–Crippen LogP) is 8.62. The summed E-state index contributed by atoms with van der Waals surface area (Å²) in [5.74, 6) is -0.301. The van der Waals surface area contributed by atoms with Crippen LogP contribution in [0.2, 0.25) is 0 Å². The number of rotatable bonds is 11. The molecule has 2 aromatic carbocycles. The number of benzene rings is 2. The first-order valence-corrected chi connectivity index (χ1v) is 17.9.